The topological polar surface area (TPSA) is 81.8 Å². The van der Waals surface area contributed by atoms with E-state index in [1.54, 1.807) is 8.93 Å². The van der Waals surface area contributed by atoms with Crippen molar-refractivity contribution in [2.24, 2.45) is 0 Å². The van der Waals surface area contributed by atoms with Gasteiger partial charge in [0.05, 0.1) is 6.61 Å². The van der Waals surface area contributed by atoms with Gasteiger partial charge in [-0.25, -0.2) is 4.79 Å². The van der Waals surface area contributed by atoms with E-state index in [0.717, 1.165) is 16.9 Å². The van der Waals surface area contributed by atoms with Gasteiger partial charge in [-0.15, -0.1) is 0 Å². The van der Waals surface area contributed by atoms with E-state index in [-0.39, 0.29) is 19.2 Å². The molecule has 0 spiro atoms. The highest BCUT2D eigenvalue weighted by Gasteiger charge is 2.31. The molecular weight excluding hydrogens is 393 g/mol. The zero-order chi connectivity index (χ0) is 14.7. The summed E-state index contributed by atoms with van der Waals surface area (Å²) in [5.74, 6) is 0.904. The van der Waals surface area contributed by atoms with E-state index in [1.165, 1.54) is 0 Å². The average Bonchev–Trinajstić information content (AvgIpc) is 2.81. The number of ether oxygens (including phenoxy) is 2. The summed E-state index contributed by atoms with van der Waals surface area (Å²) in [7, 11) is 1.63. The van der Waals surface area contributed by atoms with Crippen LogP contribution in [0.1, 0.15) is 27.0 Å². The lowest BCUT2D eigenvalue weighted by molar-refractivity contribution is 0.0532. The van der Waals surface area contributed by atoms with Crippen LogP contribution in [0, 0.1) is 6.92 Å². The first-order valence-corrected chi connectivity index (χ1v) is 9.72. The summed E-state index contributed by atoms with van der Waals surface area (Å²) in [6.45, 7) is 2.53. The number of benzene rings is 1. The highest BCUT2D eigenvalue weighted by atomic mass is 127. The highest BCUT2D eigenvalue weighted by Crippen LogP contribution is 2.40. The molecule has 110 valence electrons. The Hall–Kier alpha value is -0.670. The molecule has 0 saturated heterocycles. The number of nitrogens with two attached hydrogens (primary N) is 1. The van der Waals surface area contributed by atoms with Gasteiger partial charge in [-0.3, -0.25) is 0 Å². The van der Waals surface area contributed by atoms with Crippen molar-refractivity contribution in [3.8, 4) is 5.75 Å². The molecule has 2 rings (SSSR count). The summed E-state index contributed by atoms with van der Waals surface area (Å²) in [5, 5.41) is 9.21. The number of halogens is 1. The third-order valence-corrected chi connectivity index (χ3v) is 4.95. The molecule has 1 aromatic carbocycles. The van der Waals surface area contributed by atoms with E-state index in [9.17, 15) is 9.90 Å². The molecule has 20 heavy (non-hydrogen) atoms. The van der Waals surface area contributed by atoms with Gasteiger partial charge in [0.2, 0.25) is 0 Å². The number of anilines is 1. The molecule has 1 aliphatic rings. The van der Waals surface area contributed by atoms with Gasteiger partial charge in [-0.05, 0) is 33.7 Å². The molecule has 0 aliphatic carbocycles. The third-order valence-electron chi connectivity index (χ3n) is 3.31. The van der Waals surface area contributed by atoms with Gasteiger partial charge in [-0.2, -0.15) is 0 Å². The predicted molar refractivity (Wildman–Crippen MR) is 87.5 cm³/mol. The van der Waals surface area contributed by atoms with Crippen LogP contribution in [-0.2, 0) is 17.8 Å². The number of nitrogen functional groups attached to an aromatic ring is 1. The van der Waals surface area contributed by atoms with E-state index >= 15 is 0 Å². The van der Waals surface area contributed by atoms with Crippen molar-refractivity contribution in [1.82, 2.24) is 0 Å². The first kappa shape index (κ1) is 15.7. The number of hydrogen-bond donors (Lipinski definition) is 2. The second kappa shape index (κ2) is 6.86. The number of carbonyl (C=O) groups excluding carboxylic acids is 1. The lowest BCUT2D eigenvalue weighted by Crippen LogP contribution is -2.12. The van der Waals surface area contributed by atoms with E-state index in [4.69, 9.17) is 15.2 Å². The number of rotatable bonds is 6. The van der Waals surface area contributed by atoms with Crippen LogP contribution >= 0.6 is 30.1 Å². The van der Waals surface area contributed by atoms with Crippen LogP contribution in [0.4, 0.5) is 5.69 Å². The van der Waals surface area contributed by atoms with Gasteiger partial charge in [0.25, 0.3) is 0 Å². The number of cyclic esters (lactones) is 1. The molecule has 1 aromatic rings. The number of aliphatic hydroxyl groups excluding tert-OH is 1. The molecule has 0 fully saturated rings. The van der Waals surface area contributed by atoms with Crippen molar-refractivity contribution in [2.75, 3.05) is 24.7 Å². The molecule has 0 aromatic heterocycles. The summed E-state index contributed by atoms with van der Waals surface area (Å²) < 4.78 is 10.9. The molecule has 3 N–H and O–H groups in total. The number of esters is 1. The predicted octanol–water partition coefficient (Wildman–Crippen LogP) is 2.24. The van der Waals surface area contributed by atoms with Gasteiger partial charge in [0, 0.05) is 35.6 Å². The van der Waals surface area contributed by atoms with Crippen LogP contribution in [0.3, 0.4) is 0 Å². The molecule has 0 unspecified atom stereocenters. The molecule has 0 saturated carbocycles. The summed E-state index contributed by atoms with van der Waals surface area (Å²) >= 11 is 2.19. The Labute approximate surface area is 133 Å². The van der Waals surface area contributed by atoms with Crippen molar-refractivity contribution in [3.63, 3.8) is 0 Å². The Balaban J connectivity index is 2.52. The SMILES string of the molecule is Cc1c(N)c(CCO)c(OCCSI)c2c1COC2=O. The minimum atomic E-state index is -0.376. The summed E-state index contributed by atoms with van der Waals surface area (Å²) in [6.07, 6.45) is 0.361. The van der Waals surface area contributed by atoms with Crippen LogP contribution in [-0.4, -0.2) is 30.0 Å². The fraction of sp³-hybridized carbons (Fsp3) is 0.462. The maximum absolute atomic E-state index is 11.9. The maximum atomic E-state index is 11.9. The molecule has 0 bridgehead atoms. The van der Waals surface area contributed by atoms with Gasteiger partial charge in [-0.1, -0.05) is 8.93 Å². The third kappa shape index (κ3) is 2.84. The molecule has 0 amide bonds. The Morgan fingerprint density at radius 1 is 1.55 bits per heavy atom. The number of carbonyl (C=O) groups is 1. The summed E-state index contributed by atoms with van der Waals surface area (Å²) in [5.41, 5.74) is 9.51. The normalized spacial score (nSPS) is 13.2. The fourth-order valence-corrected chi connectivity index (χ4v) is 2.97. The van der Waals surface area contributed by atoms with E-state index in [0.29, 0.717) is 35.6 Å². The smallest absolute Gasteiger partial charge is 0.342 e. The number of aliphatic hydroxyl groups is 1. The van der Waals surface area contributed by atoms with Crippen LogP contribution in [0.15, 0.2) is 0 Å². The minimum Gasteiger partial charge on any atom is -0.491 e. The zero-order valence-corrected chi connectivity index (χ0v) is 14.0. The largest absolute Gasteiger partial charge is 0.491 e. The molecule has 5 nitrogen and oxygen atoms in total. The van der Waals surface area contributed by atoms with Gasteiger partial charge in [0.15, 0.2) is 0 Å². The van der Waals surface area contributed by atoms with Crippen molar-refractivity contribution < 1.29 is 19.4 Å². The Morgan fingerprint density at radius 2 is 2.30 bits per heavy atom. The van der Waals surface area contributed by atoms with Gasteiger partial charge < -0.3 is 20.3 Å². The monoisotopic (exact) mass is 409 g/mol. The van der Waals surface area contributed by atoms with E-state index in [2.05, 4.69) is 21.2 Å². The van der Waals surface area contributed by atoms with Gasteiger partial charge in [0.1, 0.15) is 17.9 Å². The molecule has 7 heteroatoms. The Morgan fingerprint density at radius 3 is 2.95 bits per heavy atom. The van der Waals surface area contributed by atoms with E-state index in [1.807, 2.05) is 6.92 Å². The van der Waals surface area contributed by atoms with Crippen molar-refractivity contribution in [3.05, 3.63) is 22.3 Å². The van der Waals surface area contributed by atoms with Crippen molar-refractivity contribution in [2.45, 2.75) is 20.0 Å². The van der Waals surface area contributed by atoms with E-state index < -0.39 is 0 Å². The molecule has 1 heterocycles. The average molecular weight is 409 g/mol. The van der Waals surface area contributed by atoms with Gasteiger partial charge >= 0.3 is 5.97 Å². The fourth-order valence-electron chi connectivity index (χ4n) is 2.29. The highest BCUT2D eigenvalue weighted by molar-refractivity contribution is 14.2. The van der Waals surface area contributed by atoms with Crippen molar-refractivity contribution >= 4 is 41.8 Å². The Bertz CT molecular complexity index is 536. The Kier molecular flexibility index (Phi) is 5.39. The lowest BCUT2D eigenvalue weighted by atomic mass is 9.95. The number of hydrogen-bond acceptors (Lipinski definition) is 6. The standard InChI is InChI=1S/C13H16INO4S/c1-7-9-6-19-13(17)10(9)12(18-4-5-20-14)8(2-3-16)11(7)15/h16H,2-6,15H2,1H3. The maximum Gasteiger partial charge on any atom is 0.342 e. The first-order chi connectivity index (χ1) is 9.61. The molecule has 1 aliphatic heterocycles. The molecule has 0 atom stereocenters. The molecule has 0 radical (unpaired) electrons. The minimum absolute atomic E-state index is 0.0468. The summed E-state index contributed by atoms with van der Waals surface area (Å²) in [6, 6.07) is 0. The van der Waals surface area contributed by atoms with Crippen molar-refractivity contribution in [1.29, 1.82) is 0 Å². The quantitative estimate of drug-likeness (QED) is 0.325. The van der Waals surface area contributed by atoms with Crippen LogP contribution in [0.5, 0.6) is 5.75 Å². The summed E-state index contributed by atoms with van der Waals surface area (Å²) in [4.78, 5) is 11.9. The van der Waals surface area contributed by atoms with Crippen LogP contribution in [0.25, 0.3) is 0 Å². The first-order valence-electron chi connectivity index (χ1n) is 6.19. The lowest BCUT2D eigenvalue weighted by Gasteiger charge is -2.18. The second-order valence-corrected chi connectivity index (χ2v) is 6.91. The van der Waals surface area contributed by atoms with Crippen LogP contribution < -0.4 is 10.5 Å². The zero-order valence-electron chi connectivity index (χ0n) is 11.1. The molecular formula is C13H16INO4S. The van der Waals surface area contributed by atoms with Crippen LogP contribution in [0.2, 0.25) is 0 Å². The number of fused-ring (bicyclic) bond motifs is 1. The second-order valence-electron chi connectivity index (χ2n) is 4.41.